The lowest BCUT2D eigenvalue weighted by Gasteiger charge is -2.37. The number of methoxy groups -OCH3 is 1. The predicted molar refractivity (Wildman–Crippen MR) is 82.4 cm³/mol. The van der Waals surface area contributed by atoms with E-state index in [2.05, 4.69) is 21.2 Å². The normalized spacial score (nSPS) is 16.6. The summed E-state index contributed by atoms with van der Waals surface area (Å²) in [5.74, 6) is 1.22. The minimum absolute atomic E-state index is 0.107. The van der Waals surface area contributed by atoms with Crippen LogP contribution in [0.5, 0.6) is 0 Å². The zero-order valence-electron chi connectivity index (χ0n) is 12.5. The molecule has 0 aliphatic heterocycles. The molecular formula is C17H17N3O2. The van der Waals surface area contributed by atoms with Gasteiger partial charge in [0.1, 0.15) is 5.69 Å². The molecule has 5 heteroatoms. The van der Waals surface area contributed by atoms with Crippen molar-refractivity contribution in [3.8, 4) is 11.5 Å². The molecule has 0 unspecified atom stereocenters. The lowest BCUT2D eigenvalue weighted by atomic mass is 9.69. The van der Waals surface area contributed by atoms with Crippen molar-refractivity contribution in [2.75, 3.05) is 13.7 Å². The fourth-order valence-electron chi connectivity index (χ4n) is 3.13. The van der Waals surface area contributed by atoms with E-state index in [1.165, 1.54) is 6.42 Å². The molecule has 22 heavy (non-hydrogen) atoms. The Labute approximate surface area is 128 Å². The molecule has 1 aliphatic carbocycles. The fourth-order valence-corrected chi connectivity index (χ4v) is 3.13. The first-order chi connectivity index (χ1) is 10.8. The van der Waals surface area contributed by atoms with Crippen molar-refractivity contribution in [1.29, 1.82) is 0 Å². The maximum atomic E-state index is 5.55. The summed E-state index contributed by atoms with van der Waals surface area (Å²) in [5, 5.41) is 6.32. The average Bonchev–Trinajstić information content (AvgIpc) is 3.00. The topological polar surface area (TPSA) is 61.0 Å². The van der Waals surface area contributed by atoms with E-state index >= 15 is 0 Å². The summed E-state index contributed by atoms with van der Waals surface area (Å²) in [6, 6.07) is 10.1. The van der Waals surface area contributed by atoms with Crippen molar-refractivity contribution in [2.24, 2.45) is 0 Å². The lowest BCUT2D eigenvalue weighted by molar-refractivity contribution is 0.0552. The van der Waals surface area contributed by atoms with Crippen LogP contribution in [-0.4, -0.2) is 28.8 Å². The van der Waals surface area contributed by atoms with Gasteiger partial charge in [0.05, 0.1) is 12.0 Å². The molecule has 0 N–H and O–H groups in total. The first-order valence-electron chi connectivity index (χ1n) is 7.50. The summed E-state index contributed by atoms with van der Waals surface area (Å²) in [5.41, 5.74) is 0.657. The Morgan fingerprint density at radius 2 is 2.09 bits per heavy atom. The van der Waals surface area contributed by atoms with Crippen LogP contribution in [0.3, 0.4) is 0 Å². The summed E-state index contributed by atoms with van der Waals surface area (Å²) < 4.78 is 10.9. The number of fused-ring (bicyclic) bond motifs is 1. The van der Waals surface area contributed by atoms with Crippen molar-refractivity contribution in [1.82, 2.24) is 15.1 Å². The Balaban J connectivity index is 1.77. The molecule has 1 aromatic carbocycles. The number of pyridine rings is 1. The van der Waals surface area contributed by atoms with Crippen LogP contribution in [0.4, 0.5) is 0 Å². The number of hydrogen-bond acceptors (Lipinski definition) is 5. The summed E-state index contributed by atoms with van der Waals surface area (Å²) in [7, 11) is 1.71. The summed E-state index contributed by atoms with van der Waals surface area (Å²) in [4.78, 5) is 9.07. The summed E-state index contributed by atoms with van der Waals surface area (Å²) >= 11 is 0. The summed E-state index contributed by atoms with van der Waals surface area (Å²) in [6.07, 6.45) is 5.02. The molecule has 1 aliphatic rings. The van der Waals surface area contributed by atoms with Crippen molar-refractivity contribution in [3.05, 3.63) is 42.4 Å². The van der Waals surface area contributed by atoms with Gasteiger partial charge in [0.25, 0.3) is 0 Å². The van der Waals surface area contributed by atoms with Gasteiger partial charge in [-0.15, -0.1) is 0 Å². The third-order valence-corrected chi connectivity index (χ3v) is 4.50. The van der Waals surface area contributed by atoms with Crippen molar-refractivity contribution < 1.29 is 9.26 Å². The SMILES string of the molecule is COCC1(c2nc(-c3nccc4ccccc34)no2)CCC1. The second-order valence-electron chi connectivity index (χ2n) is 5.87. The quantitative estimate of drug-likeness (QED) is 0.738. The standard InChI is InChI=1S/C17H17N3O2/c1-21-11-17(8-4-9-17)16-19-15(20-22-16)14-13-6-3-2-5-12(13)7-10-18-14/h2-3,5-7,10H,4,8-9,11H2,1H3. The largest absolute Gasteiger partial charge is 0.384 e. The molecule has 5 nitrogen and oxygen atoms in total. The molecule has 2 heterocycles. The Morgan fingerprint density at radius 3 is 2.86 bits per heavy atom. The second kappa shape index (κ2) is 5.18. The van der Waals surface area contributed by atoms with E-state index in [0.29, 0.717) is 18.3 Å². The van der Waals surface area contributed by atoms with E-state index in [0.717, 1.165) is 29.3 Å². The van der Waals surface area contributed by atoms with Crippen LogP contribution < -0.4 is 0 Å². The van der Waals surface area contributed by atoms with Gasteiger partial charge in [-0.05, 0) is 24.3 Å². The molecule has 112 valence electrons. The molecule has 4 rings (SSSR count). The zero-order chi connectivity index (χ0) is 15.0. The molecule has 0 bridgehead atoms. The molecule has 0 saturated heterocycles. The van der Waals surface area contributed by atoms with Crippen molar-refractivity contribution >= 4 is 10.8 Å². The third-order valence-electron chi connectivity index (χ3n) is 4.50. The highest BCUT2D eigenvalue weighted by atomic mass is 16.5. The molecule has 0 spiro atoms. The molecular weight excluding hydrogens is 278 g/mol. The molecule has 0 radical (unpaired) electrons. The average molecular weight is 295 g/mol. The molecule has 3 aromatic rings. The fraction of sp³-hybridized carbons (Fsp3) is 0.353. The van der Waals surface area contributed by atoms with Gasteiger partial charge < -0.3 is 9.26 Å². The van der Waals surface area contributed by atoms with Crippen molar-refractivity contribution in [3.63, 3.8) is 0 Å². The van der Waals surface area contributed by atoms with Crippen LogP contribution in [0.1, 0.15) is 25.2 Å². The highest BCUT2D eigenvalue weighted by Crippen LogP contribution is 2.43. The maximum Gasteiger partial charge on any atom is 0.235 e. The van der Waals surface area contributed by atoms with Gasteiger partial charge in [-0.25, -0.2) is 0 Å². The lowest BCUT2D eigenvalue weighted by Crippen LogP contribution is -2.39. The van der Waals surface area contributed by atoms with Gasteiger partial charge in [0.15, 0.2) is 0 Å². The van der Waals surface area contributed by atoms with Gasteiger partial charge in [-0.3, -0.25) is 4.98 Å². The Kier molecular flexibility index (Phi) is 3.15. The number of benzene rings is 1. The number of hydrogen-bond donors (Lipinski definition) is 0. The van der Waals surface area contributed by atoms with E-state index in [9.17, 15) is 0 Å². The van der Waals surface area contributed by atoms with E-state index in [4.69, 9.17) is 9.26 Å². The van der Waals surface area contributed by atoms with Crippen LogP contribution in [0.2, 0.25) is 0 Å². The smallest absolute Gasteiger partial charge is 0.235 e. The predicted octanol–water partition coefficient (Wildman–Crippen LogP) is 3.35. The van der Waals surface area contributed by atoms with Gasteiger partial charge in [0.2, 0.25) is 11.7 Å². The number of rotatable bonds is 4. The van der Waals surface area contributed by atoms with E-state index in [1.54, 1.807) is 13.3 Å². The van der Waals surface area contributed by atoms with Crippen LogP contribution in [-0.2, 0) is 10.2 Å². The maximum absolute atomic E-state index is 5.55. The van der Waals surface area contributed by atoms with E-state index in [-0.39, 0.29) is 5.41 Å². The molecule has 1 fully saturated rings. The third kappa shape index (κ3) is 2.01. The van der Waals surface area contributed by atoms with Crippen molar-refractivity contribution in [2.45, 2.75) is 24.7 Å². The minimum atomic E-state index is -0.107. The van der Waals surface area contributed by atoms with Gasteiger partial charge >= 0.3 is 0 Å². The molecule has 0 atom stereocenters. The van der Waals surface area contributed by atoms with Crippen LogP contribution >= 0.6 is 0 Å². The first kappa shape index (κ1) is 13.4. The second-order valence-corrected chi connectivity index (χ2v) is 5.87. The number of ether oxygens (including phenoxy) is 1. The Hall–Kier alpha value is -2.27. The molecule has 2 aromatic heterocycles. The minimum Gasteiger partial charge on any atom is -0.384 e. The first-order valence-corrected chi connectivity index (χ1v) is 7.50. The van der Waals surface area contributed by atoms with E-state index in [1.807, 2.05) is 24.3 Å². The van der Waals surface area contributed by atoms with Gasteiger partial charge in [-0.1, -0.05) is 35.8 Å². The Bertz CT molecular complexity index is 803. The number of nitrogens with zero attached hydrogens (tertiary/aromatic N) is 3. The molecule has 1 saturated carbocycles. The highest BCUT2D eigenvalue weighted by Gasteiger charge is 2.44. The monoisotopic (exact) mass is 295 g/mol. The number of aromatic nitrogens is 3. The van der Waals surface area contributed by atoms with Crippen LogP contribution in [0.25, 0.3) is 22.3 Å². The summed E-state index contributed by atoms with van der Waals surface area (Å²) in [6.45, 7) is 0.623. The van der Waals surface area contributed by atoms with Gasteiger partial charge in [-0.2, -0.15) is 4.98 Å². The molecule has 0 amide bonds. The van der Waals surface area contributed by atoms with Gasteiger partial charge in [0, 0.05) is 18.7 Å². The zero-order valence-corrected chi connectivity index (χ0v) is 12.5. The van der Waals surface area contributed by atoms with E-state index < -0.39 is 0 Å². The van der Waals surface area contributed by atoms with Crippen LogP contribution in [0, 0.1) is 0 Å². The Morgan fingerprint density at radius 1 is 1.23 bits per heavy atom. The van der Waals surface area contributed by atoms with Crippen LogP contribution in [0.15, 0.2) is 41.1 Å². The highest BCUT2D eigenvalue weighted by molar-refractivity contribution is 5.92.